The molecule has 1 atom stereocenters. The van der Waals surface area contributed by atoms with Gasteiger partial charge in [-0.2, -0.15) is 0 Å². The second-order valence-electron chi connectivity index (χ2n) is 3.27. The van der Waals surface area contributed by atoms with Crippen molar-refractivity contribution >= 4 is 12.1 Å². The molecule has 0 spiro atoms. The Labute approximate surface area is 104 Å². The quantitative estimate of drug-likeness (QED) is 0.609. The van der Waals surface area contributed by atoms with Crippen molar-refractivity contribution in [3.63, 3.8) is 0 Å². The first-order valence-corrected chi connectivity index (χ1v) is 6.08. The third-order valence-electron chi connectivity index (χ3n) is 2.00. The third-order valence-corrected chi connectivity index (χ3v) is 2.00. The van der Waals surface area contributed by atoms with Gasteiger partial charge in [-0.15, -0.1) is 0 Å². The summed E-state index contributed by atoms with van der Waals surface area (Å²) in [6.45, 7) is 7.42. The van der Waals surface area contributed by atoms with Crippen LogP contribution in [-0.4, -0.2) is 23.3 Å². The lowest BCUT2D eigenvalue weighted by Gasteiger charge is -1.99. The van der Waals surface area contributed by atoms with Crippen LogP contribution in [0, 0.1) is 0 Å². The van der Waals surface area contributed by atoms with Crippen molar-refractivity contribution < 1.29 is 14.7 Å². The second-order valence-corrected chi connectivity index (χ2v) is 3.27. The van der Waals surface area contributed by atoms with Gasteiger partial charge in [-0.1, -0.05) is 31.6 Å². The van der Waals surface area contributed by atoms with E-state index in [1.54, 1.807) is 6.08 Å². The van der Waals surface area contributed by atoms with Gasteiger partial charge in [0.1, 0.15) is 12.4 Å². The fourth-order valence-corrected chi connectivity index (χ4v) is 1.31. The lowest BCUT2D eigenvalue weighted by atomic mass is 10.1. The largest absolute Gasteiger partial charge is 0.385 e. The summed E-state index contributed by atoms with van der Waals surface area (Å²) < 4.78 is 0. The first-order valence-electron chi connectivity index (χ1n) is 6.08. The van der Waals surface area contributed by atoms with Crippen molar-refractivity contribution in [3.8, 4) is 0 Å². The van der Waals surface area contributed by atoms with Gasteiger partial charge < -0.3 is 9.90 Å². The summed E-state index contributed by atoms with van der Waals surface area (Å²) in [5.74, 6) is -0.134. The van der Waals surface area contributed by atoms with Gasteiger partial charge in [-0.05, 0) is 32.8 Å². The molecule has 1 N–H and O–H groups in total. The Bertz CT molecular complexity index is 265. The van der Waals surface area contributed by atoms with Gasteiger partial charge in [0, 0.05) is 6.42 Å². The molecule has 0 saturated carbocycles. The van der Waals surface area contributed by atoms with Crippen LogP contribution in [-0.2, 0) is 9.59 Å². The van der Waals surface area contributed by atoms with Gasteiger partial charge in [0.15, 0.2) is 5.78 Å². The number of aliphatic hydroxyl groups excluding tert-OH is 1. The van der Waals surface area contributed by atoms with E-state index in [-0.39, 0.29) is 5.78 Å². The molecule has 0 fully saturated rings. The zero-order chi connectivity index (χ0) is 13.7. The van der Waals surface area contributed by atoms with E-state index in [1.165, 1.54) is 6.92 Å². The van der Waals surface area contributed by atoms with E-state index in [2.05, 4.69) is 6.08 Å². The topological polar surface area (TPSA) is 54.4 Å². The van der Waals surface area contributed by atoms with E-state index in [0.29, 0.717) is 6.42 Å². The molecule has 1 aliphatic carbocycles. The van der Waals surface area contributed by atoms with E-state index in [9.17, 15) is 4.79 Å². The fourth-order valence-electron chi connectivity index (χ4n) is 1.31. The molecule has 3 nitrogen and oxygen atoms in total. The van der Waals surface area contributed by atoms with Crippen LogP contribution < -0.4 is 0 Å². The van der Waals surface area contributed by atoms with Crippen LogP contribution in [0.4, 0.5) is 0 Å². The van der Waals surface area contributed by atoms with E-state index >= 15 is 0 Å². The minimum absolute atomic E-state index is 0.134. The summed E-state index contributed by atoms with van der Waals surface area (Å²) in [6.07, 6.45) is 8.02. The zero-order valence-corrected chi connectivity index (χ0v) is 11.3. The first-order chi connectivity index (χ1) is 8.15. The molecule has 0 aromatic rings. The number of hydrogen-bond donors (Lipinski definition) is 1. The maximum atomic E-state index is 10.9. The summed E-state index contributed by atoms with van der Waals surface area (Å²) in [4.78, 5) is 19.7. The Morgan fingerprint density at radius 1 is 1.41 bits per heavy atom. The number of carbonyl (C=O) groups is 2. The van der Waals surface area contributed by atoms with Gasteiger partial charge in [0.05, 0.1) is 0 Å². The molecule has 98 valence electrons. The Morgan fingerprint density at radius 2 is 1.94 bits per heavy atom. The fraction of sp³-hybridized carbons (Fsp3) is 0.571. The van der Waals surface area contributed by atoms with Crippen LogP contribution in [0.25, 0.3) is 0 Å². The average molecular weight is 240 g/mol. The Balaban J connectivity index is 0. The Morgan fingerprint density at radius 3 is 2.29 bits per heavy atom. The van der Waals surface area contributed by atoms with Crippen LogP contribution in [0.1, 0.15) is 47.0 Å². The Kier molecular flexibility index (Phi) is 13.7. The summed E-state index contributed by atoms with van der Waals surface area (Å²) in [5.41, 5.74) is 1.07. The maximum absolute atomic E-state index is 10.9. The van der Waals surface area contributed by atoms with E-state index in [1.807, 2.05) is 26.8 Å². The highest BCUT2D eigenvalue weighted by molar-refractivity contribution is 5.96. The molecule has 0 aromatic heterocycles. The van der Waals surface area contributed by atoms with Crippen molar-refractivity contribution in [2.45, 2.75) is 53.1 Å². The minimum Gasteiger partial charge on any atom is -0.385 e. The summed E-state index contributed by atoms with van der Waals surface area (Å²) in [5, 5.41) is 9.10. The lowest BCUT2D eigenvalue weighted by molar-refractivity contribution is -0.121. The SMILES string of the molecule is C/C=C\CCC1=CC(=O)C(O)C1.CC.CC=O. The minimum atomic E-state index is -0.759. The zero-order valence-electron chi connectivity index (χ0n) is 11.3. The second kappa shape index (κ2) is 12.8. The van der Waals surface area contributed by atoms with Crippen LogP contribution in [0.2, 0.25) is 0 Å². The number of rotatable bonds is 3. The van der Waals surface area contributed by atoms with Gasteiger partial charge in [0.25, 0.3) is 0 Å². The van der Waals surface area contributed by atoms with E-state index in [4.69, 9.17) is 9.90 Å². The third kappa shape index (κ3) is 9.69. The number of hydrogen-bond acceptors (Lipinski definition) is 3. The molecule has 0 saturated heterocycles. The highest BCUT2D eigenvalue weighted by atomic mass is 16.3. The number of ketones is 1. The molecule has 0 radical (unpaired) electrons. The van der Waals surface area contributed by atoms with Crippen LogP contribution in [0.3, 0.4) is 0 Å². The molecule has 1 rings (SSSR count). The highest BCUT2D eigenvalue weighted by Gasteiger charge is 2.21. The smallest absolute Gasteiger partial charge is 0.184 e. The summed E-state index contributed by atoms with van der Waals surface area (Å²) in [6, 6.07) is 0. The van der Waals surface area contributed by atoms with Crippen LogP contribution in [0.5, 0.6) is 0 Å². The average Bonchev–Trinajstić information content (AvgIpc) is 2.63. The molecule has 3 heteroatoms. The molecule has 1 aliphatic rings. The number of aldehydes is 1. The molecular formula is C14H24O3. The molecule has 0 amide bonds. The lowest BCUT2D eigenvalue weighted by Crippen LogP contribution is -2.11. The van der Waals surface area contributed by atoms with Crippen molar-refractivity contribution in [1.29, 1.82) is 0 Å². The predicted molar refractivity (Wildman–Crippen MR) is 70.8 cm³/mol. The van der Waals surface area contributed by atoms with E-state index < -0.39 is 6.10 Å². The van der Waals surface area contributed by atoms with Crippen molar-refractivity contribution in [2.24, 2.45) is 0 Å². The summed E-state index contributed by atoms with van der Waals surface area (Å²) >= 11 is 0. The number of aliphatic hydroxyl groups is 1. The highest BCUT2D eigenvalue weighted by Crippen LogP contribution is 2.20. The van der Waals surface area contributed by atoms with Gasteiger partial charge in [-0.25, -0.2) is 0 Å². The monoisotopic (exact) mass is 240 g/mol. The molecule has 17 heavy (non-hydrogen) atoms. The molecule has 0 heterocycles. The first kappa shape index (κ1) is 18.2. The molecule has 0 aliphatic heterocycles. The standard InChI is InChI=1S/C10H14O2.C2H4O.C2H6/c1-2-3-4-5-8-6-9(11)10(12)7-8;1-2-3;1-2/h2-3,6,10,12H,4-5,7H2,1H3;2H,1H3;1-2H3/b3-2-;;. The number of allylic oxidation sites excluding steroid dienone is 2. The van der Waals surface area contributed by atoms with E-state index in [0.717, 1.165) is 24.7 Å². The molecule has 0 aromatic carbocycles. The van der Waals surface area contributed by atoms with Crippen molar-refractivity contribution in [1.82, 2.24) is 0 Å². The molecule has 1 unspecified atom stereocenters. The van der Waals surface area contributed by atoms with Gasteiger partial charge >= 0.3 is 0 Å². The maximum Gasteiger partial charge on any atom is 0.184 e. The summed E-state index contributed by atoms with van der Waals surface area (Å²) in [7, 11) is 0. The van der Waals surface area contributed by atoms with Gasteiger partial charge in [-0.3, -0.25) is 4.79 Å². The predicted octanol–water partition coefficient (Wildman–Crippen LogP) is 2.83. The number of carbonyl (C=O) groups excluding carboxylic acids is 2. The molecular weight excluding hydrogens is 216 g/mol. The van der Waals surface area contributed by atoms with Crippen LogP contribution >= 0.6 is 0 Å². The van der Waals surface area contributed by atoms with Crippen LogP contribution in [0.15, 0.2) is 23.8 Å². The van der Waals surface area contributed by atoms with Gasteiger partial charge in [0.2, 0.25) is 0 Å². The Hall–Kier alpha value is -1.22. The normalized spacial score (nSPS) is 17.8. The molecule has 0 bridgehead atoms. The van der Waals surface area contributed by atoms with Crippen molar-refractivity contribution in [2.75, 3.05) is 0 Å². The van der Waals surface area contributed by atoms with Crippen molar-refractivity contribution in [3.05, 3.63) is 23.8 Å².